The number of nitrogen functional groups attached to an aromatic ring is 1. The summed E-state index contributed by atoms with van der Waals surface area (Å²) in [6, 6.07) is 16.6. The Morgan fingerprint density at radius 2 is 1.56 bits per heavy atom. The van der Waals surface area contributed by atoms with E-state index in [0.29, 0.717) is 23.4 Å². The van der Waals surface area contributed by atoms with Crippen LogP contribution in [0.15, 0.2) is 118 Å². The summed E-state index contributed by atoms with van der Waals surface area (Å²) in [6.45, 7) is 0.272. The largest absolute Gasteiger partial charge is 0.496 e. The first-order valence-electron chi connectivity index (χ1n) is 13.4. The molecular formula is C31H26F3N7O2S2. The molecule has 2 amide bonds. The Balaban J connectivity index is 0.000000238. The van der Waals surface area contributed by atoms with Crippen LogP contribution in [0.3, 0.4) is 0 Å². The third-order valence-electron chi connectivity index (χ3n) is 6.31. The summed E-state index contributed by atoms with van der Waals surface area (Å²) in [7, 11) is 1.19. The number of nitrogens with zero attached hydrogens (tertiary/aromatic N) is 5. The number of carbonyl (C=O) groups excluding carboxylic acids is 1. The van der Waals surface area contributed by atoms with Crippen LogP contribution in [0, 0.1) is 0 Å². The second-order valence-electron chi connectivity index (χ2n) is 9.41. The molecule has 5 heterocycles. The van der Waals surface area contributed by atoms with Crippen LogP contribution in [0.2, 0.25) is 0 Å². The number of alkyl halides is 3. The molecule has 0 aliphatic carbocycles. The number of nitrogens with one attached hydrogen (secondary N) is 1. The van der Waals surface area contributed by atoms with Gasteiger partial charge in [0.1, 0.15) is 15.8 Å². The van der Waals surface area contributed by atoms with E-state index >= 15 is 0 Å². The SMILES string of the molecule is COc1cc2c(cc1C(F)(F)F)N(C(=O)Nc1ccc(Sc3cccnc3)nc1)CC2.Nc1ccc(Sc2cccnc2)nc1. The smallest absolute Gasteiger partial charge is 0.420 e. The topological polar surface area (TPSA) is 119 Å². The van der Waals surface area contributed by atoms with E-state index in [1.807, 2.05) is 42.6 Å². The number of urea groups is 1. The van der Waals surface area contributed by atoms with Crippen LogP contribution in [-0.2, 0) is 12.6 Å². The molecule has 0 atom stereocenters. The molecule has 1 aliphatic rings. The molecule has 0 bridgehead atoms. The third-order valence-corrected chi connectivity index (χ3v) is 8.16. The van der Waals surface area contributed by atoms with Gasteiger partial charge in [-0.15, -0.1) is 0 Å². The van der Waals surface area contributed by atoms with Crippen molar-refractivity contribution in [2.24, 2.45) is 0 Å². The fraction of sp³-hybridized carbons (Fsp3) is 0.129. The quantitative estimate of drug-likeness (QED) is 0.193. The van der Waals surface area contributed by atoms with E-state index in [1.54, 1.807) is 48.7 Å². The number of halogens is 3. The number of fused-ring (bicyclic) bond motifs is 1. The number of methoxy groups -OCH3 is 1. The molecule has 0 saturated carbocycles. The average Bonchev–Trinajstić information content (AvgIpc) is 3.47. The van der Waals surface area contributed by atoms with Crippen LogP contribution in [0.25, 0.3) is 0 Å². The molecule has 0 radical (unpaired) electrons. The summed E-state index contributed by atoms with van der Waals surface area (Å²) in [5.41, 5.74) is 6.60. The lowest BCUT2D eigenvalue weighted by Crippen LogP contribution is -2.33. The fourth-order valence-electron chi connectivity index (χ4n) is 4.23. The Labute approximate surface area is 265 Å². The van der Waals surface area contributed by atoms with E-state index in [4.69, 9.17) is 10.5 Å². The molecule has 1 aliphatic heterocycles. The van der Waals surface area contributed by atoms with Crippen LogP contribution in [0.4, 0.5) is 35.0 Å². The maximum atomic E-state index is 13.4. The highest BCUT2D eigenvalue weighted by atomic mass is 32.2. The second kappa shape index (κ2) is 14.3. The Hall–Kier alpha value is -4.82. The van der Waals surface area contributed by atoms with Crippen molar-refractivity contribution in [1.29, 1.82) is 0 Å². The Morgan fingerprint density at radius 3 is 2.07 bits per heavy atom. The minimum absolute atomic E-state index is 0.224. The first kappa shape index (κ1) is 31.6. The van der Waals surface area contributed by atoms with E-state index in [0.717, 1.165) is 25.9 Å². The summed E-state index contributed by atoms with van der Waals surface area (Å²) in [5, 5.41) is 4.34. The minimum Gasteiger partial charge on any atom is -0.496 e. The van der Waals surface area contributed by atoms with Crippen LogP contribution in [0.1, 0.15) is 11.1 Å². The standard InChI is InChI=1S/C21H17F3N4O2S.C10H9N3S/c1-30-18-9-13-6-8-28(17(13)10-16(18)21(22,23)24)20(29)27-14-4-5-19(26-11-14)31-15-3-2-7-25-12-15;11-8-3-4-10(13-6-8)14-9-2-1-5-12-7-9/h2-5,7,9-12H,6,8H2,1H3,(H,27,29);1-7H,11H2. The van der Waals surface area contributed by atoms with Crippen molar-refractivity contribution in [2.45, 2.75) is 32.4 Å². The average molecular weight is 650 g/mol. The van der Waals surface area contributed by atoms with Crippen LogP contribution in [0.5, 0.6) is 5.75 Å². The summed E-state index contributed by atoms with van der Waals surface area (Å²) >= 11 is 2.99. The van der Waals surface area contributed by atoms with Gasteiger partial charge >= 0.3 is 12.2 Å². The molecule has 6 rings (SSSR count). The number of carbonyl (C=O) groups is 1. The van der Waals surface area contributed by atoms with Gasteiger partial charge in [0.15, 0.2) is 0 Å². The maximum Gasteiger partial charge on any atom is 0.420 e. The molecule has 0 saturated heterocycles. The van der Waals surface area contributed by atoms with Crippen molar-refractivity contribution in [1.82, 2.24) is 19.9 Å². The van der Waals surface area contributed by atoms with E-state index < -0.39 is 17.8 Å². The van der Waals surface area contributed by atoms with Crippen molar-refractivity contribution < 1.29 is 22.7 Å². The molecule has 230 valence electrons. The van der Waals surface area contributed by atoms with Gasteiger partial charge in [0.05, 0.1) is 36.4 Å². The van der Waals surface area contributed by atoms with Crippen molar-refractivity contribution in [3.05, 3.63) is 109 Å². The molecular weight excluding hydrogens is 624 g/mol. The lowest BCUT2D eigenvalue weighted by atomic mass is 10.1. The zero-order valence-electron chi connectivity index (χ0n) is 23.7. The molecule has 3 N–H and O–H groups in total. The summed E-state index contributed by atoms with van der Waals surface area (Å²) in [4.78, 5) is 32.6. The summed E-state index contributed by atoms with van der Waals surface area (Å²) in [5.74, 6) is -0.251. The zero-order valence-corrected chi connectivity index (χ0v) is 25.4. The Kier molecular flexibility index (Phi) is 10.0. The van der Waals surface area contributed by atoms with Gasteiger partial charge in [-0.3, -0.25) is 14.9 Å². The molecule has 0 fully saturated rings. The summed E-state index contributed by atoms with van der Waals surface area (Å²) < 4.78 is 45.0. The van der Waals surface area contributed by atoms with Crippen molar-refractivity contribution in [3.8, 4) is 5.75 Å². The number of anilines is 3. The van der Waals surface area contributed by atoms with E-state index in [1.165, 1.54) is 36.0 Å². The van der Waals surface area contributed by atoms with Gasteiger partial charge in [-0.25, -0.2) is 14.8 Å². The zero-order chi connectivity index (χ0) is 31.8. The molecule has 0 unspecified atom stereocenters. The molecule has 9 nitrogen and oxygen atoms in total. The molecule has 0 spiro atoms. The van der Waals surface area contributed by atoms with Crippen LogP contribution in [-0.4, -0.2) is 39.6 Å². The summed E-state index contributed by atoms with van der Waals surface area (Å²) in [6.07, 6.45) is 5.97. The lowest BCUT2D eigenvalue weighted by Gasteiger charge is -2.20. The highest BCUT2D eigenvalue weighted by Gasteiger charge is 2.37. The molecule has 4 aromatic heterocycles. The molecule has 5 aromatic rings. The van der Waals surface area contributed by atoms with Gasteiger partial charge < -0.3 is 15.8 Å². The second-order valence-corrected chi connectivity index (χ2v) is 11.6. The predicted molar refractivity (Wildman–Crippen MR) is 168 cm³/mol. The first-order chi connectivity index (χ1) is 21.7. The maximum absolute atomic E-state index is 13.4. The Morgan fingerprint density at radius 1 is 0.911 bits per heavy atom. The van der Waals surface area contributed by atoms with Gasteiger partial charge in [0, 0.05) is 46.8 Å². The van der Waals surface area contributed by atoms with Crippen molar-refractivity contribution in [2.75, 3.05) is 29.6 Å². The minimum atomic E-state index is -4.59. The molecule has 14 heteroatoms. The van der Waals surface area contributed by atoms with Gasteiger partial charge in [0.2, 0.25) is 0 Å². The van der Waals surface area contributed by atoms with Gasteiger partial charge in [0.25, 0.3) is 0 Å². The number of nitrogens with two attached hydrogens (primary N) is 1. The number of pyridine rings is 4. The highest BCUT2D eigenvalue weighted by Crippen LogP contribution is 2.42. The van der Waals surface area contributed by atoms with E-state index in [2.05, 4.69) is 25.3 Å². The third kappa shape index (κ3) is 8.42. The van der Waals surface area contributed by atoms with E-state index in [-0.39, 0.29) is 18.0 Å². The lowest BCUT2D eigenvalue weighted by molar-refractivity contribution is -0.138. The number of rotatable bonds is 6. The number of ether oxygens (including phenoxy) is 1. The van der Waals surface area contributed by atoms with Crippen molar-refractivity contribution >= 4 is 46.6 Å². The number of aromatic nitrogens is 4. The van der Waals surface area contributed by atoms with Gasteiger partial charge in [-0.1, -0.05) is 23.5 Å². The molecule has 1 aromatic carbocycles. The number of benzene rings is 1. The number of hydrogen-bond acceptors (Lipinski definition) is 9. The first-order valence-corrected chi connectivity index (χ1v) is 15.0. The highest BCUT2D eigenvalue weighted by molar-refractivity contribution is 7.99. The van der Waals surface area contributed by atoms with E-state index in [9.17, 15) is 18.0 Å². The van der Waals surface area contributed by atoms with Crippen molar-refractivity contribution in [3.63, 3.8) is 0 Å². The van der Waals surface area contributed by atoms with Gasteiger partial charge in [-0.2, -0.15) is 13.2 Å². The van der Waals surface area contributed by atoms with Crippen LogP contribution < -0.4 is 20.7 Å². The predicted octanol–water partition coefficient (Wildman–Crippen LogP) is 7.46. The Bertz CT molecular complexity index is 1730. The number of amides is 2. The monoisotopic (exact) mass is 649 g/mol. The number of hydrogen-bond donors (Lipinski definition) is 2. The fourth-order valence-corrected chi connectivity index (χ4v) is 5.72. The normalized spacial score (nSPS) is 12.1. The van der Waals surface area contributed by atoms with Gasteiger partial charge in [-0.05, 0) is 72.6 Å². The molecule has 45 heavy (non-hydrogen) atoms. The van der Waals surface area contributed by atoms with Crippen LogP contribution >= 0.6 is 23.5 Å².